The van der Waals surface area contributed by atoms with Gasteiger partial charge in [-0.2, -0.15) is 0 Å². The summed E-state index contributed by atoms with van der Waals surface area (Å²) in [6.45, 7) is 2.07. The van der Waals surface area contributed by atoms with Gasteiger partial charge < -0.3 is 15.5 Å². The number of furan rings is 1. The molecule has 6 heteroatoms. The summed E-state index contributed by atoms with van der Waals surface area (Å²) >= 11 is 1.47. The zero-order valence-electron chi connectivity index (χ0n) is 10.4. The summed E-state index contributed by atoms with van der Waals surface area (Å²) in [4.78, 5) is 8.46. The van der Waals surface area contributed by atoms with Gasteiger partial charge in [-0.25, -0.2) is 9.97 Å². The van der Waals surface area contributed by atoms with Crippen LogP contribution in [0, 0.1) is 0 Å². The maximum Gasteiger partial charge on any atom is 0.191 e. The molecule has 0 bridgehead atoms. The summed E-state index contributed by atoms with van der Waals surface area (Å²) in [6.07, 6.45) is 4.40. The normalized spacial score (nSPS) is 12.3. The van der Waals surface area contributed by atoms with Gasteiger partial charge in [-0.15, -0.1) is 0 Å². The number of rotatable bonds is 5. The maximum absolute atomic E-state index is 5.72. The van der Waals surface area contributed by atoms with Crippen LogP contribution in [0.1, 0.15) is 12.7 Å². The fourth-order valence-corrected chi connectivity index (χ4v) is 2.03. The summed E-state index contributed by atoms with van der Waals surface area (Å²) < 4.78 is 5.31. The van der Waals surface area contributed by atoms with Crippen LogP contribution in [0.3, 0.4) is 0 Å². The average Bonchev–Trinajstić information content (AvgIpc) is 2.80. The molecule has 3 N–H and O–H groups in total. The predicted octanol–water partition coefficient (Wildman–Crippen LogP) is 2.42. The maximum atomic E-state index is 5.72. The van der Waals surface area contributed by atoms with E-state index in [1.54, 1.807) is 12.3 Å². The van der Waals surface area contributed by atoms with E-state index >= 15 is 0 Å². The van der Waals surface area contributed by atoms with Gasteiger partial charge in [-0.05, 0) is 25.3 Å². The van der Waals surface area contributed by atoms with Gasteiger partial charge in [0, 0.05) is 18.5 Å². The molecule has 2 rings (SSSR count). The van der Waals surface area contributed by atoms with Gasteiger partial charge in [0.25, 0.3) is 0 Å². The van der Waals surface area contributed by atoms with Crippen LogP contribution in [0.15, 0.2) is 34.0 Å². The van der Waals surface area contributed by atoms with Gasteiger partial charge in [0.05, 0.1) is 6.26 Å². The summed E-state index contributed by atoms with van der Waals surface area (Å²) in [6, 6.07) is 5.79. The molecule has 0 aliphatic carbocycles. The largest absolute Gasteiger partial charge is 0.469 e. The van der Waals surface area contributed by atoms with E-state index in [2.05, 4.69) is 22.2 Å². The van der Waals surface area contributed by atoms with E-state index in [1.165, 1.54) is 11.8 Å². The van der Waals surface area contributed by atoms with Crippen molar-refractivity contribution in [2.75, 3.05) is 17.3 Å². The highest BCUT2D eigenvalue weighted by atomic mass is 32.2. The first-order valence-electron chi connectivity index (χ1n) is 5.65. The second-order valence-corrected chi connectivity index (χ2v) is 4.77. The first-order chi connectivity index (χ1) is 8.67. The van der Waals surface area contributed by atoms with Crippen LogP contribution in [0.4, 0.5) is 11.6 Å². The zero-order chi connectivity index (χ0) is 13.0. The van der Waals surface area contributed by atoms with E-state index in [4.69, 9.17) is 10.2 Å². The predicted molar refractivity (Wildman–Crippen MR) is 73.7 cm³/mol. The van der Waals surface area contributed by atoms with Crippen molar-refractivity contribution in [1.82, 2.24) is 9.97 Å². The van der Waals surface area contributed by atoms with Crippen molar-refractivity contribution in [1.29, 1.82) is 0 Å². The fourth-order valence-electron chi connectivity index (χ4n) is 1.64. The third-order valence-electron chi connectivity index (χ3n) is 2.39. The smallest absolute Gasteiger partial charge is 0.191 e. The molecule has 2 aromatic heterocycles. The third-order valence-corrected chi connectivity index (χ3v) is 2.94. The Kier molecular flexibility index (Phi) is 4.09. The molecular formula is C12H16N4OS. The first-order valence-corrected chi connectivity index (χ1v) is 6.87. The minimum atomic E-state index is 0.208. The van der Waals surface area contributed by atoms with Crippen molar-refractivity contribution in [3.05, 3.63) is 30.2 Å². The average molecular weight is 264 g/mol. The van der Waals surface area contributed by atoms with Crippen molar-refractivity contribution in [2.24, 2.45) is 0 Å². The zero-order valence-corrected chi connectivity index (χ0v) is 11.2. The molecule has 0 aromatic carbocycles. The number of nitrogens with two attached hydrogens (primary N) is 1. The van der Waals surface area contributed by atoms with E-state index in [0.29, 0.717) is 11.0 Å². The van der Waals surface area contributed by atoms with Gasteiger partial charge in [0.2, 0.25) is 0 Å². The quantitative estimate of drug-likeness (QED) is 0.638. The van der Waals surface area contributed by atoms with Crippen molar-refractivity contribution >= 4 is 23.4 Å². The summed E-state index contributed by atoms with van der Waals surface area (Å²) in [7, 11) is 0. The van der Waals surface area contributed by atoms with Crippen molar-refractivity contribution in [3.8, 4) is 0 Å². The Morgan fingerprint density at radius 2 is 2.33 bits per heavy atom. The molecule has 1 atom stereocenters. The minimum absolute atomic E-state index is 0.208. The lowest BCUT2D eigenvalue weighted by Crippen LogP contribution is -2.19. The highest BCUT2D eigenvalue weighted by Gasteiger charge is 2.08. The monoisotopic (exact) mass is 264 g/mol. The Labute approximate surface area is 110 Å². The number of anilines is 2. The number of thioether (sulfide) groups is 1. The number of nitrogen functional groups attached to an aromatic ring is 1. The molecule has 18 heavy (non-hydrogen) atoms. The van der Waals surface area contributed by atoms with E-state index in [0.717, 1.165) is 18.0 Å². The minimum Gasteiger partial charge on any atom is -0.469 e. The number of hydrogen-bond acceptors (Lipinski definition) is 6. The van der Waals surface area contributed by atoms with Crippen LogP contribution in [0.25, 0.3) is 0 Å². The second kappa shape index (κ2) is 5.77. The summed E-state index contributed by atoms with van der Waals surface area (Å²) in [5.74, 6) is 2.16. The van der Waals surface area contributed by atoms with E-state index < -0.39 is 0 Å². The van der Waals surface area contributed by atoms with E-state index in [1.807, 2.05) is 18.4 Å². The molecule has 5 nitrogen and oxygen atoms in total. The molecule has 96 valence electrons. The Bertz CT molecular complexity index is 501. The van der Waals surface area contributed by atoms with Crippen LogP contribution in [-0.2, 0) is 6.42 Å². The lowest BCUT2D eigenvalue weighted by atomic mass is 10.2. The second-order valence-electron chi connectivity index (χ2n) is 3.99. The molecule has 0 aliphatic heterocycles. The van der Waals surface area contributed by atoms with Gasteiger partial charge in [-0.1, -0.05) is 11.8 Å². The van der Waals surface area contributed by atoms with Gasteiger partial charge in [0.15, 0.2) is 5.16 Å². The van der Waals surface area contributed by atoms with Crippen LogP contribution in [-0.4, -0.2) is 22.3 Å². The summed E-state index contributed by atoms with van der Waals surface area (Å²) in [5.41, 5.74) is 5.72. The Morgan fingerprint density at radius 1 is 1.50 bits per heavy atom. The van der Waals surface area contributed by atoms with Gasteiger partial charge >= 0.3 is 0 Å². The standard InChI is InChI=1S/C12H16N4OS/c1-8(6-9-4-3-5-17-9)14-11-7-10(13)15-12(16-11)18-2/h3-5,7-8H,6H2,1-2H3,(H3,13,14,15,16). The topological polar surface area (TPSA) is 77.0 Å². The highest BCUT2D eigenvalue weighted by molar-refractivity contribution is 7.98. The first kappa shape index (κ1) is 12.8. The number of nitrogens with zero attached hydrogens (tertiary/aromatic N) is 2. The molecular weight excluding hydrogens is 248 g/mol. The van der Waals surface area contributed by atoms with E-state index in [9.17, 15) is 0 Å². The fraction of sp³-hybridized carbons (Fsp3) is 0.333. The summed E-state index contributed by atoms with van der Waals surface area (Å²) in [5, 5.41) is 3.96. The third kappa shape index (κ3) is 3.40. The SMILES string of the molecule is CSc1nc(N)cc(NC(C)Cc2ccco2)n1. The van der Waals surface area contributed by atoms with Crippen molar-refractivity contribution in [3.63, 3.8) is 0 Å². The Balaban J connectivity index is 2.02. The van der Waals surface area contributed by atoms with Crippen LogP contribution in [0.2, 0.25) is 0 Å². The molecule has 2 aromatic rings. The molecule has 0 radical (unpaired) electrons. The lowest BCUT2D eigenvalue weighted by Gasteiger charge is -2.13. The van der Waals surface area contributed by atoms with Crippen molar-refractivity contribution < 1.29 is 4.42 Å². The van der Waals surface area contributed by atoms with Crippen LogP contribution < -0.4 is 11.1 Å². The molecule has 0 saturated carbocycles. The van der Waals surface area contributed by atoms with Crippen LogP contribution >= 0.6 is 11.8 Å². The molecule has 0 aliphatic rings. The molecule has 0 fully saturated rings. The highest BCUT2D eigenvalue weighted by Crippen LogP contribution is 2.16. The number of aromatic nitrogens is 2. The van der Waals surface area contributed by atoms with Crippen LogP contribution in [0.5, 0.6) is 0 Å². The number of hydrogen-bond donors (Lipinski definition) is 2. The lowest BCUT2D eigenvalue weighted by molar-refractivity contribution is 0.497. The molecule has 2 heterocycles. The number of nitrogens with one attached hydrogen (secondary N) is 1. The van der Waals surface area contributed by atoms with Crippen molar-refractivity contribution in [2.45, 2.75) is 24.5 Å². The van der Waals surface area contributed by atoms with Gasteiger partial charge in [-0.3, -0.25) is 0 Å². The Hall–Kier alpha value is -1.69. The molecule has 1 unspecified atom stereocenters. The van der Waals surface area contributed by atoms with E-state index in [-0.39, 0.29) is 6.04 Å². The molecule has 0 amide bonds. The molecule has 0 saturated heterocycles. The Morgan fingerprint density at radius 3 is 3.00 bits per heavy atom. The van der Waals surface area contributed by atoms with Gasteiger partial charge in [0.1, 0.15) is 17.4 Å². The molecule has 0 spiro atoms.